The number of thioether (sulfide) groups is 1. The van der Waals surface area contributed by atoms with Crippen molar-refractivity contribution in [1.82, 2.24) is 0 Å². The van der Waals surface area contributed by atoms with Gasteiger partial charge in [0.05, 0.1) is 26.4 Å². The molecular formula is C29H31Cl3O5S. The normalized spacial score (nSPS) is 23.4. The van der Waals surface area contributed by atoms with E-state index in [9.17, 15) is 5.11 Å². The summed E-state index contributed by atoms with van der Waals surface area (Å²) in [6.07, 6.45) is -2.13. The van der Waals surface area contributed by atoms with Gasteiger partial charge in [-0.25, -0.2) is 0 Å². The summed E-state index contributed by atoms with van der Waals surface area (Å²) in [7, 11) is 0. The fourth-order valence-corrected chi connectivity index (χ4v) is 5.56. The lowest BCUT2D eigenvalue weighted by Crippen LogP contribution is -2.60. The lowest BCUT2D eigenvalue weighted by atomic mass is 9.99. The van der Waals surface area contributed by atoms with Crippen LogP contribution in [0.25, 0.3) is 0 Å². The van der Waals surface area contributed by atoms with Gasteiger partial charge in [-0.1, -0.05) is 78.1 Å². The molecule has 1 saturated heterocycles. The third-order valence-corrected chi connectivity index (χ3v) is 7.97. The highest BCUT2D eigenvalue weighted by Gasteiger charge is 2.48. The second kappa shape index (κ2) is 14.9. The zero-order valence-corrected chi connectivity index (χ0v) is 24.1. The fraction of sp³-hybridized carbons (Fsp3) is 0.379. The minimum absolute atomic E-state index is 0.212. The maximum Gasteiger partial charge on any atom is 0.132 e. The van der Waals surface area contributed by atoms with Gasteiger partial charge in [-0.3, -0.25) is 0 Å². The summed E-state index contributed by atoms with van der Waals surface area (Å²) < 4.78 is 25.7. The Morgan fingerprint density at radius 3 is 1.45 bits per heavy atom. The Balaban J connectivity index is 1.58. The van der Waals surface area contributed by atoms with Gasteiger partial charge in [0.15, 0.2) is 0 Å². The van der Waals surface area contributed by atoms with E-state index < -0.39 is 24.4 Å². The van der Waals surface area contributed by atoms with Crippen molar-refractivity contribution in [2.75, 3.05) is 12.4 Å². The Hall–Kier alpha value is -1.32. The van der Waals surface area contributed by atoms with E-state index >= 15 is 0 Å². The van der Waals surface area contributed by atoms with Gasteiger partial charge in [-0.15, -0.1) is 11.8 Å². The number of halogens is 3. The van der Waals surface area contributed by atoms with Crippen LogP contribution in [-0.4, -0.2) is 47.3 Å². The van der Waals surface area contributed by atoms with Crippen LogP contribution in [0.5, 0.6) is 0 Å². The Morgan fingerprint density at radius 1 is 0.658 bits per heavy atom. The third-order valence-electron chi connectivity index (χ3n) is 6.17. The predicted molar refractivity (Wildman–Crippen MR) is 154 cm³/mol. The first-order valence-corrected chi connectivity index (χ1v) is 14.6. The largest absolute Gasteiger partial charge is 0.394 e. The van der Waals surface area contributed by atoms with Gasteiger partial charge in [0, 0.05) is 15.1 Å². The second-order valence-corrected chi connectivity index (χ2v) is 11.6. The predicted octanol–water partition coefficient (Wildman–Crippen LogP) is 7.17. The molecule has 1 aliphatic heterocycles. The van der Waals surface area contributed by atoms with Crippen molar-refractivity contribution in [3.05, 3.63) is 105 Å². The van der Waals surface area contributed by atoms with Crippen LogP contribution in [-0.2, 0) is 38.8 Å². The average molecular weight is 598 g/mol. The van der Waals surface area contributed by atoms with Gasteiger partial charge in [-0.2, -0.15) is 0 Å². The molecular weight excluding hydrogens is 567 g/mol. The van der Waals surface area contributed by atoms with Crippen molar-refractivity contribution >= 4 is 46.6 Å². The molecule has 0 aromatic heterocycles. The van der Waals surface area contributed by atoms with E-state index in [1.165, 1.54) is 0 Å². The molecule has 0 spiro atoms. The van der Waals surface area contributed by atoms with E-state index in [1.54, 1.807) is 11.8 Å². The Labute approximate surface area is 243 Å². The van der Waals surface area contributed by atoms with Crippen molar-refractivity contribution in [2.45, 2.75) is 56.6 Å². The molecule has 0 amide bonds. The number of rotatable bonds is 12. The molecule has 1 heterocycles. The Kier molecular flexibility index (Phi) is 11.6. The SMILES string of the molecule is CCS[C@@H]1O[C@H](CO)[C@@H](OCc2ccc(Cl)cc2)[C@H](OCc2ccc(Cl)cc2)[C@H]1OCc1ccc(Cl)cc1. The van der Waals surface area contributed by atoms with Gasteiger partial charge < -0.3 is 24.1 Å². The zero-order chi connectivity index (χ0) is 26.9. The molecule has 0 radical (unpaired) electrons. The standard InChI is InChI=1S/C29H31Cl3O5S/c1-2-38-29-28(36-18-21-7-13-24(32)14-8-21)27(35-17-20-5-11-23(31)12-6-20)26(25(15-33)37-29)34-16-19-3-9-22(30)10-4-19/h3-14,25-29,33H,2,15-18H2,1H3/t25-,26-,27+,28-,29+/m1/s1. The van der Waals surface area contributed by atoms with E-state index in [4.69, 9.17) is 53.8 Å². The summed E-state index contributed by atoms with van der Waals surface area (Å²) in [5, 5.41) is 12.3. The van der Waals surface area contributed by atoms with Crippen LogP contribution in [0, 0.1) is 0 Å². The Bertz CT molecular complexity index is 1110. The van der Waals surface area contributed by atoms with E-state index in [2.05, 4.69) is 6.92 Å². The molecule has 9 heteroatoms. The first kappa shape index (κ1) is 29.7. The quantitative estimate of drug-likeness (QED) is 0.239. The summed E-state index contributed by atoms with van der Waals surface area (Å²) in [6, 6.07) is 22.5. The third kappa shape index (κ3) is 8.34. The molecule has 3 aromatic rings. The van der Waals surface area contributed by atoms with Crippen molar-refractivity contribution in [1.29, 1.82) is 0 Å². The number of aliphatic hydroxyl groups excluding tert-OH is 1. The van der Waals surface area contributed by atoms with Gasteiger partial charge in [0.2, 0.25) is 0 Å². The Morgan fingerprint density at radius 2 is 1.05 bits per heavy atom. The maximum atomic E-state index is 10.3. The van der Waals surface area contributed by atoms with Crippen LogP contribution in [0.3, 0.4) is 0 Å². The number of hydrogen-bond acceptors (Lipinski definition) is 6. The van der Waals surface area contributed by atoms with Crippen LogP contribution < -0.4 is 0 Å². The van der Waals surface area contributed by atoms with Gasteiger partial charge in [-0.05, 0) is 58.8 Å². The van der Waals surface area contributed by atoms with Gasteiger partial charge in [0.25, 0.3) is 0 Å². The van der Waals surface area contributed by atoms with E-state index in [-0.39, 0.29) is 12.0 Å². The molecule has 0 bridgehead atoms. The highest BCUT2D eigenvalue weighted by molar-refractivity contribution is 7.99. The van der Waals surface area contributed by atoms with E-state index in [1.807, 2.05) is 72.8 Å². The fourth-order valence-electron chi connectivity index (χ4n) is 4.21. The van der Waals surface area contributed by atoms with Crippen molar-refractivity contribution < 1.29 is 24.1 Å². The smallest absolute Gasteiger partial charge is 0.132 e. The summed E-state index contributed by atoms with van der Waals surface area (Å²) in [5.41, 5.74) is 2.55. The average Bonchev–Trinajstić information content (AvgIpc) is 2.93. The van der Waals surface area contributed by atoms with Crippen molar-refractivity contribution in [3.8, 4) is 0 Å². The van der Waals surface area contributed by atoms with Crippen molar-refractivity contribution in [2.24, 2.45) is 0 Å². The van der Waals surface area contributed by atoms with Crippen LogP contribution in [0.4, 0.5) is 0 Å². The summed E-state index contributed by atoms with van der Waals surface area (Å²) in [4.78, 5) is 0. The minimum atomic E-state index is -0.586. The summed E-state index contributed by atoms with van der Waals surface area (Å²) >= 11 is 19.8. The molecule has 3 aromatic carbocycles. The number of hydrogen-bond donors (Lipinski definition) is 1. The van der Waals surface area contributed by atoms with E-state index in [0.717, 1.165) is 22.4 Å². The van der Waals surface area contributed by atoms with E-state index in [0.29, 0.717) is 34.9 Å². The summed E-state index contributed by atoms with van der Waals surface area (Å²) in [5.74, 6) is 0.809. The highest BCUT2D eigenvalue weighted by Crippen LogP contribution is 2.35. The highest BCUT2D eigenvalue weighted by atomic mass is 35.5. The molecule has 0 unspecified atom stereocenters. The lowest BCUT2D eigenvalue weighted by molar-refractivity contribution is -0.251. The number of ether oxygens (including phenoxy) is 4. The van der Waals surface area contributed by atoms with Crippen LogP contribution >= 0.6 is 46.6 Å². The second-order valence-electron chi connectivity index (χ2n) is 8.89. The number of benzene rings is 3. The molecule has 0 saturated carbocycles. The molecule has 204 valence electrons. The minimum Gasteiger partial charge on any atom is -0.394 e. The number of aliphatic hydroxyl groups is 1. The maximum absolute atomic E-state index is 10.3. The molecule has 4 rings (SSSR count). The van der Waals surface area contributed by atoms with Crippen LogP contribution in [0.2, 0.25) is 15.1 Å². The zero-order valence-electron chi connectivity index (χ0n) is 21.0. The van der Waals surface area contributed by atoms with Crippen LogP contribution in [0.15, 0.2) is 72.8 Å². The molecule has 1 fully saturated rings. The molecule has 1 aliphatic rings. The van der Waals surface area contributed by atoms with Crippen molar-refractivity contribution in [3.63, 3.8) is 0 Å². The lowest BCUT2D eigenvalue weighted by Gasteiger charge is -2.45. The topological polar surface area (TPSA) is 57.2 Å². The molecule has 0 aliphatic carbocycles. The van der Waals surface area contributed by atoms with Crippen LogP contribution in [0.1, 0.15) is 23.6 Å². The first-order chi connectivity index (χ1) is 18.5. The van der Waals surface area contributed by atoms with Gasteiger partial charge >= 0.3 is 0 Å². The molecule has 5 nitrogen and oxygen atoms in total. The molecule has 1 N–H and O–H groups in total. The van der Waals surface area contributed by atoms with Gasteiger partial charge in [0.1, 0.15) is 29.9 Å². The monoisotopic (exact) mass is 596 g/mol. The molecule has 5 atom stereocenters. The molecule has 38 heavy (non-hydrogen) atoms. The summed E-state index contributed by atoms with van der Waals surface area (Å²) in [6.45, 7) is 2.82. The first-order valence-electron chi connectivity index (χ1n) is 12.4.